The molecule has 0 unspecified atom stereocenters. The van der Waals surface area contributed by atoms with Crippen LogP contribution in [-0.4, -0.2) is 104 Å². The lowest BCUT2D eigenvalue weighted by Gasteiger charge is -2.47. The molecule has 2 aliphatic carbocycles. The maximum absolute atomic E-state index is 10.2. The van der Waals surface area contributed by atoms with E-state index < -0.39 is 0 Å². The lowest BCUT2D eigenvalue weighted by Crippen LogP contribution is -2.58. The van der Waals surface area contributed by atoms with Gasteiger partial charge in [-0.15, -0.1) is 0 Å². The minimum Gasteiger partial charge on any atom is -0.508 e. The molecule has 0 saturated carbocycles. The van der Waals surface area contributed by atoms with Crippen LogP contribution in [0, 0.1) is 0 Å². The van der Waals surface area contributed by atoms with Gasteiger partial charge in [-0.05, 0) is 85.3 Å². The highest BCUT2D eigenvalue weighted by atomic mass is 16.5. The number of phenols is 1. The molecule has 2 aliphatic heterocycles. The van der Waals surface area contributed by atoms with Gasteiger partial charge < -0.3 is 19.3 Å². The second-order valence-corrected chi connectivity index (χ2v) is 14.0. The summed E-state index contributed by atoms with van der Waals surface area (Å²) >= 11 is 0. The van der Waals surface area contributed by atoms with E-state index in [0.717, 1.165) is 82.7 Å². The Bertz CT molecular complexity index is 1630. The van der Waals surface area contributed by atoms with E-state index in [4.69, 9.17) is 14.2 Å². The topological polar surface area (TPSA) is 90.0 Å². The van der Waals surface area contributed by atoms with Gasteiger partial charge >= 0.3 is 0 Å². The highest BCUT2D eigenvalue weighted by molar-refractivity contribution is 5.44. The van der Waals surface area contributed by atoms with Gasteiger partial charge in [0.2, 0.25) is 0 Å². The fourth-order valence-corrected chi connectivity index (χ4v) is 8.57. The lowest BCUT2D eigenvalue weighted by atomic mass is 9.83. The third kappa shape index (κ3) is 7.57. The molecule has 49 heavy (non-hydrogen) atoms. The van der Waals surface area contributed by atoms with Crippen molar-refractivity contribution in [3.63, 3.8) is 0 Å². The Kier molecular flexibility index (Phi) is 10.7. The smallest absolute Gasteiger partial charge is 0.122 e. The molecule has 10 heteroatoms. The molecular formula is C39H52N6O4. The number of benzene rings is 2. The maximum Gasteiger partial charge on any atom is 0.122 e. The Hall–Kier alpha value is -3.70. The Morgan fingerprint density at radius 3 is 1.76 bits per heavy atom. The summed E-state index contributed by atoms with van der Waals surface area (Å²) in [5.41, 5.74) is 5.07. The van der Waals surface area contributed by atoms with Crippen molar-refractivity contribution in [1.29, 1.82) is 0 Å². The van der Waals surface area contributed by atoms with E-state index >= 15 is 0 Å². The molecule has 2 saturated heterocycles. The van der Waals surface area contributed by atoms with Crippen molar-refractivity contribution in [3.05, 3.63) is 95.6 Å². The molecule has 2 aromatic heterocycles. The second kappa shape index (κ2) is 15.5. The summed E-state index contributed by atoms with van der Waals surface area (Å²) in [5.74, 6) is 1.40. The third-order valence-electron chi connectivity index (χ3n) is 10.7. The normalized spacial score (nSPS) is 26.4. The summed E-state index contributed by atoms with van der Waals surface area (Å²) in [6, 6.07) is 17.1. The molecular weight excluding hydrogens is 616 g/mol. The zero-order chi connectivity index (χ0) is 33.7. The zero-order valence-electron chi connectivity index (χ0n) is 29.2. The van der Waals surface area contributed by atoms with Crippen molar-refractivity contribution in [2.24, 2.45) is 0 Å². The number of nitrogens with zero attached hydrogens (tertiary/aromatic N) is 6. The molecule has 2 aromatic carbocycles. The number of phenolic OH excluding ortho intramolecular Hbond substituents is 1. The second-order valence-electron chi connectivity index (χ2n) is 14.0. The van der Waals surface area contributed by atoms with Gasteiger partial charge in [-0.2, -0.15) is 10.2 Å². The highest BCUT2D eigenvalue weighted by Gasteiger charge is 2.42. The van der Waals surface area contributed by atoms with Crippen LogP contribution < -0.4 is 4.74 Å². The van der Waals surface area contributed by atoms with Gasteiger partial charge in [0.1, 0.15) is 11.5 Å². The van der Waals surface area contributed by atoms with Crippen LogP contribution in [0.1, 0.15) is 48.9 Å². The predicted molar refractivity (Wildman–Crippen MR) is 189 cm³/mol. The average Bonchev–Trinajstić information content (AvgIpc) is 3.82. The van der Waals surface area contributed by atoms with Crippen LogP contribution in [0.4, 0.5) is 0 Å². The predicted octanol–water partition coefficient (Wildman–Crippen LogP) is 4.77. The SMILES string of the molecule is CCCN1C[C@H](Cn2cccn2)O[C@@H]2Cc3c(O)cccc3C[C@H]21.CCCN1C[C@H](Cn2cccn2)O[C@@H]2Cc3c(cccc3OC)C[C@H]21. The molecule has 6 atom stereocenters. The van der Waals surface area contributed by atoms with Crippen molar-refractivity contribution in [1.82, 2.24) is 29.4 Å². The van der Waals surface area contributed by atoms with Crippen LogP contribution in [0.3, 0.4) is 0 Å². The number of methoxy groups -OCH3 is 1. The van der Waals surface area contributed by atoms with Crippen LogP contribution >= 0.6 is 0 Å². The standard InChI is InChI=1S/C20H27N3O2.C19H25N3O2/c1-3-9-22-13-16(14-23-10-5-8-21-23)25-20-12-17-15(11-18(20)22)6-4-7-19(17)24-2;1-2-8-21-12-15(13-22-9-4-7-20-22)24-19-11-16-14(10-17(19)21)5-3-6-18(16)23/h4-8,10,16,18,20H,3,9,11-14H2,1-2H3;3-7,9,15,17,19,23H,2,8,10-13H2,1H3/t16-,18-,20-;15-,17-,19-/m11/s1. The highest BCUT2D eigenvalue weighted by Crippen LogP contribution is 2.37. The Morgan fingerprint density at radius 2 is 1.24 bits per heavy atom. The molecule has 0 radical (unpaired) electrons. The summed E-state index contributed by atoms with van der Waals surface area (Å²) < 4.78 is 22.5. The van der Waals surface area contributed by atoms with Gasteiger partial charge in [-0.3, -0.25) is 19.2 Å². The lowest BCUT2D eigenvalue weighted by molar-refractivity contribution is -0.128. The van der Waals surface area contributed by atoms with E-state index in [0.29, 0.717) is 17.8 Å². The summed E-state index contributed by atoms with van der Waals surface area (Å²) in [5, 5.41) is 18.9. The van der Waals surface area contributed by atoms with E-state index in [9.17, 15) is 5.11 Å². The molecule has 1 N–H and O–H groups in total. The van der Waals surface area contributed by atoms with Crippen molar-refractivity contribution < 1.29 is 19.3 Å². The first-order chi connectivity index (χ1) is 24.0. The van der Waals surface area contributed by atoms with E-state index in [1.165, 1.54) is 23.1 Å². The molecule has 0 bridgehead atoms. The molecule has 4 aliphatic rings. The summed E-state index contributed by atoms with van der Waals surface area (Å²) in [4.78, 5) is 5.21. The zero-order valence-corrected chi connectivity index (χ0v) is 29.2. The van der Waals surface area contributed by atoms with Crippen molar-refractivity contribution in [2.75, 3.05) is 33.3 Å². The van der Waals surface area contributed by atoms with Gasteiger partial charge in [0, 0.05) is 62.8 Å². The van der Waals surface area contributed by atoms with Gasteiger partial charge in [-0.25, -0.2) is 0 Å². The van der Waals surface area contributed by atoms with Gasteiger partial charge in [0.05, 0.1) is 44.6 Å². The largest absolute Gasteiger partial charge is 0.508 e. The number of rotatable bonds is 9. The van der Waals surface area contributed by atoms with Gasteiger partial charge in [0.15, 0.2) is 0 Å². The molecule has 262 valence electrons. The average molecular weight is 669 g/mol. The number of hydrogen-bond donors (Lipinski definition) is 1. The fraction of sp³-hybridized carbons (Fsp3) is 0.538. The van der Waals surface area contributed by atoms with Crippen LogP contribution in [0.25, 0.3) is 0 Å². The summed E-state index contributed by atoms with van der Waals surface area (Å²) in [7, 11) is 1.76. The third-order valence-corrected chi connectivity index (χ3v) is 10.7. The number of fused-ring (bicyclic) bond motifs is 4. The number of aromatic hydroxyl groups is 1. The first kappa shape index (κ1) is 33.8. The Balaban J connectivity index is 0.000000154. The van der Waals surface area contributed by atoms with Crippen molar-refractivity contribution in [3.8, 4) is 11.5 Å². The first-order valence-electron chi connectivity index (χ1n) is 18.2. The molecule has 8 rings (SSSR count). The van der Waals surface area contributed by atoms with Crippen LogP contribution in [0.5, 0.6) is 11.5 Å². The molecule has 0 spiro atoms. The molecule has 10 nitrogen and oxygen atoms in total. The number of ether oxygens (including phenoxy) is 3. The minimum atomic E-state index is 0.144. The molecule has 2 fully saturated rings. The quantitative estimate of drug-likeness (QED) is 0.273. The first-order valence-corrected chi connectivity index (χ1v) is 18.2. The van der Waals surface area contributed by atoms with Crippen LogP contribution in [0.2, 0.25) is 0 Å². The summed E-state index contributed by atoms with van der Waals surface area (Å²) in [6.45, 7) is 10.2. The Labute approximate surface area is 290 Å². The maximum atomic E-state index is 10.2. The van der Waals surface area contributed by atoms with Crippen molar-refractivity contribution in [2.45, 2.75) is 102 Å². The summed E-state index contributed by atoms with van der Waals surface area (Å²) in [6.07, 6.45) is 14.4. The fourth-order valence-electron chi connectivity index (χ4n) is 8.57. The number of aromatic nitrogens is 4. The van der Waals surface area contributed by atoms with Crippen LogP contribution in [-0.2, 0) is 48.2 Å². The molecule has 4 aromatic rings. The monoisotopic (exact) mass is 668 g/mol. The van der Waals surface area contributed by atoms with E-state index in [1.807, 2.05) is 52.4 Å². The van der Waals surface area contributed by atoms with Gasteiger partial charge in [0.25, 0.3) is 0 Å². The minimum absolute atomic E-state index is 0.144. The molecule has 4 heterocycles. The number of hydrogen-bond acceptors (Lipinski definition) is 8. The molecule has 0 amide bonds. The van der Waals surface area contributed by atoms with E-state index in [1.54, 1.807) is 13.2 Å². The van der Waals surface area contributed by atoms with Gasteiger partial charge in [-0.1, -0.05) is 38.1 Å². The van der Waals surface area contributed by atoms with E-state index in [-0.39, 0.29) is 24.4 Å². The Morgan fingerprint density at radius 1 is 0.714 bits per heavy atom. The van der Waals surface area contributed by atoms with Crippen LogP contribution in [0.15, 0.2) is 73.3 Å². The van der Waals surface area contributed by atoms with E-state index in [2.05, 4.69) is 58.1 Å². The van der Waals surface area contributed by atoms with Crippen molar-refractivity contribution >= 4 is 0 Å². The number of morpholine rings is 2.